The minimum atomic E-state index is -0.215. The van der Waals surface area contributed by atoms with Crippen LogP contribution in [0.4, 0.5) is 5.69 Å². The van der Waals surface area contributed by atoms with Crippen LogP contribution in [0.1, 0.15) is 28.7 Å². The number of rotatable bonds is 7. The predicted molar refractivity (Wildman–Crippen MR) is 105 cm³/mol. The van der Waals surface area contributed by atoms with E-state index in [0.29, 0.717) is 28.7 Å². The number of ketones is 1. The zero-order valence-corrected chi connectivity index (χ0v) is 15.6. The van der Waals surface area contributed by atoms with E-state index in [1.165, 1.54) is 23.4 Å². The molecule has 1 aromatic heterocycles. The largest absolute Gasteiger partial charge is 0.336 e. The molecule has 0 aliphatic rings. The third-order valence-electron chi connectivity index (χ3n) is 3.83. The summed E-state index contributed by atoms with van der Waals surface area (Å²) in [5.41, 5.74) is 2.20. The van der Waals surface area contributed by atoms with E-state index in [9.17, 15) is 9.59 Å². The van der Waals surface area contributed by atoms with Crippen LogP contribution in [0.2, 0.25) is 0 Å². The van der Waals surface area contributed by atoms with Gasteiger partial charge >= 0.3 is 0 Å². The molecule has 0 saturated heterocycles. The summed E-state index contributed by atoms with van der Waals surface area (Å²) in [6, 6.07) is 16.6. The van der Waals surface area contributed by atoms with E-state index in [1.807, 2.05) is 30.3 Å². The van der Waals surface area contributed by atoms with Crippen molar-refractivity contribution < 1.29 is 9.59 Å². The standard InChI is InChI=1S/C19H19N5O2S/c1-13(25)15-8-5-9-16(11-15)21-18(26)12-27-19-23-22-17(24(19)20)10-14-6-3-2-4-7-14/h2-9,11H,10,12,20H2,1H3,(H,21,26). The van der Waals surface area contributed by atoms with Gasteiger partial charge in [0.2, 0.25) is 11.1 Å². The number of Topliss-reactive ketones (excluding diaryl/α,β-unsaturated/α-hetero) is 1. The van der Waals surface area contributed by atoms with Gasteiger partial charge in [0.05, 0.1) is 5.75 Å². The Morgan fingerprint density at radius 3 is 2.63 bits per heavy atom. The molecule has 1 amide bonds. The Morgan fingerprint density at radius 1 is 1.11 bits per heavy atom. The highest BCUT2D eigenvalue weighted by atomic mass is 32.2. The van der Waals surface area contributed by atoms with E-state index in [1.54, 1.807) is 24.3 Å². The second-order valence-electron chi connectivity index (χ2n) is 5.91. The topological polar surface area (TPSA) is 103 Å². The molecule has 3 aromatic rings. The molecule has 0 spiro atoms. The summed E-state index contributed by atoms with van der Waals surface area (Å²) >= 11 is 1.20. The molecule has 0 bridgehead atoms. The van der Waals surface area contributed by atoms with Gasteiger partial charge in [-0.25, -0.2) is 4.68 Å². The number of nitrogens with two attached hydrogens (primary N) is 1. The SMILES string of the molecule is CC(=O)c1cccc(NC(=O)CSc2nnc(Cc3ccccc3)n2N)c1. The maximum atomic E-state index is 12.2. The molecule has 7 nitrogen and oxygen atoms in total. The number of amides is 1. The Labute approximate surface area is 161 Å². The average Bonchev–Trinajstić information content (AvgIpc) is 3.01. The van der Waals surface area contributed by atoms with Crippen LogP contribution in [-0.4, -0.2) is 32.3 Å². The number of anilines is 1. The van der Waals surface area contributed by atoms with Crippen LogP contribution in [-0.2, 0) is 11.2 Å². The van der Waals surface area contributed by atoms with E-state index >= 15 is 0 Å². The highest BCUT2D eigenvalue weighted by Crippen LogP contribution is 2.17. The summed E-state index contributed by atoms with van der Waals surface area (Å²) in [5.74, 6) is 6.53. The Balaban J connectivity index is 1.58. The number of hydrogen-bond acceptors (Lipinski definition) is 6. The highest BCUT2D eigenvalue weighted by molar-refractivity contribution is 7.99. The highest BCUT2D eigenvalue weighted by Gasteiger charge is 2.13. The fraction of sp³-hybridized carbons (Fsp3) is 0.158. The average molecular weight is 381 g/mol. The van der Waals surface area contributed by atoms with Crippen molar-refractivity contribution in [2.75, 3.05) is 16.9 Å². The zero-order chi connectivity index (χ0) is 19.2. The van der Waals surface area contributed by atoms with Gasteiger partial charge in [0.1, 0.15) is 0 Å². The fourth-order valence-corrected chi connectivity index (χ4v) is 3.12. The Hall–Kier alpha value is -3.13. The third-order valence-corrected chi connectivity index (χ3v) is 4.77. The van der Waals surface area contributed by atoms with Crippen molar-refractivity contribution in [1.29, 1.82) is 0 Å². The zero-order valence-electron chi connectivity index (χ0n) is 14.8. The van der Waals surface area contributed by atoms with Gasteiger partial charge < -0.3 is 11.2 Å². The van der Waals surface area contributed by atoms with Gasteiger partial charge in [0.15, 0.2) is 11.6 Å². The number of nitrogens with zero attached hydrogens (tertiary/aromatic N) is 3. The maximum Gasteiger partial charge on any atom is 0.234 e. The van der Waals surface area contributed by atoms with Crippen molar-refractivity contribution in [1.82, 2.24) is 14.9 Å². The molecule has 8 heteroatoms. The normalized spacial score (nSPS) is 10.6. The lowest BCUT2D eigenvalue weighted by Gasteiger charge is -2.06. The van der Waals surface area contributed by atoms with E-state index in [0.717, 1.165) is 5.56 Å². The van der Waals surface area contributed by atoms with Crippen LogP contribution in [0.15, 0.2) is 59.8 Å². The first-order valence-electron chi connectivity index (χ1n) is 8.30. The predicted octanol–water partition coefficient (Wildman–Crippen LogP) is 2.52. The molecule has 0 aliphatic heterocycles. The van der Waals surface area contributed by atoms with Crippen molar-refractivity contribution in [3.05, 3.63) is 71.5 Å². The molecule has 27 heavy (non-hydrogen) atoms. The van der Waals surface area contributed by atoms with E-state index in [2.05, 4.69) is 15.5 Å². The summed E-state index contributed by atoms with van der Waals surface area (Å²) in [6.07, 6.45) is 0.564. The van der Waals surface area contributed by atoms with Gasteiger partial charge in [-0.2, -0.15) is 0 Å². The molecular formula is C19H19N5O2S. The Kier molecular flexibility index (Phi) is 5.87. The lowest BCUT2D eigenvalue weighted by Crippen LogP contribution is -2.17. The number of thioether (sulfide) groups is 1. The number of carbonyl (C=O) groups is 2. The van der Waals surface area contributed by atoms with Crippen molar-refractivity contribution in [3.63, 3.8) is 0 Å². The van der Waals surface area contributed by atoms with Crippen LogP contribution in [0.5, 0.6) is 0 Å². The fourth-order valence-electron chi connectivity index (χ4n) is 2.45. The minimum Gasteiger partial charge on any atom is -0.336 e. The van der Waals surface area contributed by atoms with Crippen LogP contribution in [0, 0.1) is 0 Å². The summed E-state index contributed by atoms with van der Waals surface area (Å²) in [7, 11) is 0. The van der Waals surface area contributed by atoms with Crippen LogP contribution in [0.3, 0.4) is 0 Å². The molecule has 0 saturated carbocycles. The third kappa shape index (κ3) is 4.95. The summed E-state index contributed by atoms with van der Waals surface area (Å²) in [4.78, 5) is 23.6. The summed E-state index contributed by atoms with van der Waals surface area (Å²) in [5, 5.41) is 11.4. The second kappa shape index (κ2) is 8.50. The van der Waals surface area contributed by atoms with Gasteiger partial charge in [-0.1, -0.05) is 54.2 Å². The van der Waals surface area contributed by atoms with Crippen LogP contribution >= 0.6 is 11.8 Å². The number of nitrogen functional groups attached to an aromatic ring is 1. The molecular weight excluding hydrogens is 362 g/mol. The quantitative estimate of drug-likeness (QED) is 0.370. The molecule has 0 aliphatic carbocycles. The molecule has 3 rings (SSSR count). The van der Waals surface area contributed by atoms with Gasteiger partial charge in [-0.3, -0.25) is 9.59 Å². The number of aromatic nitrogens is 3. The van der Waals surface area contributed by atoms with E-state index in [-0.39, 0.29) is 17.4 Å². The molecule has 138 valence electrons. The van der Waals surface area contributed by atoms with E-state index in [4.69, 9.17) is 5.84 Å². The summed E-state index contributed by atoms with van der Waals surface area (Å²) in [6.45, 7) is 1.48. The van der Waals surface area contributed by atoms with Crippen molar-refractivity contribution >= 4 is 29.1 Å². The first kappa shape index (κ1) is 18.7. The molecule has 0 atom stereocenters. The molecule has 0 unspecified atom stereocenters. The van der Waals surface area contributed by atoms with Crippen molar-refractivity contribution in [2.24, 2.45) is 0 Å². The summed E-state index contributed by atoms with van der Waals surface area (Å²) < 4.78 is 1.40. The first-order valence-corrected chi connectivity index (χ1v) is 9.28. The van der Waals surface area contributed by atoms with Crippen LogP contribution < -0.4 is 11.2 Å². The van der Waals surface area contributed by atoms with Gasteiger partial charge in [0.25, 0.3) is 0 Å². The number of carbonyl (C=O) groups excluding carboxylic acids is 2. The Morgan fingerprint density at radius 2 is 1.89 bits per heavy atom. The minimum absolute atomic E-state index is 0.0531. The molecule has 3 N–H and O–H groups in total. The van der Waals surface area contributed by atoms with Gasteiger partial charge in [0, 0.05) is 17.7 Å². The molecule has 1 heterocycles. The van der Waals surface area contributed by atoms with Crippen molar-refractivity contribution in [3.8, 4) is 0 Å². The van der Waals surface area contributed by atoms with Crippen molar-refractivity contribution in [2.45, 2.75) is 18.5 Å². The van der Waals surface area contributed by atoms with Crippen LogP contribution in [0.25, 0.3) is 0 Å². The van der Waals surface area contributed by atoms with Gasteiger partial charge in [-0.15, -0.1) is 10.2 Å². The molecule has 0 fully saturated rings. The Bertz CT molecular complexity index is 956. The maximum absolute atomic E-state index is 12.2. The lowest BCUT2D eigenvalue weighted by molar-refractivity contribution is -0.113. The lowest BCUT2D eigenvalue weighted by atomic mass is 10.1. The number of hydrogen-bond donors (Lipinski definition) is 2. The van der Waals surface area contributed by atoms with Gasteiger partial charge in [-0.05, 0) is 24.6 Å². The monoisotopic (exact) mass is 381 g/mol. The molecule has 2 aromatic carbocycles. The number of nitrogens with one attached hydrogen (secondary N) is 1. The first-order chi connectivity index (χ1) is 13.0. The number of benzene rings is 2. The molecule has 0 radical (unpaired) electrons. The van der Waals surface area contributed by atoms with E-state index < -0.39 is 0 Å². The smallest absolute Gasteiger partial charge is 0.234 e. The second-order valence-corrected chi connectivity index (χ2v) is 6.85.